The van der Waals surface area contributed by atoms with Crippen LogP contribution in [0.4, 0.5) is 0 Å². The molecule has 5 rings (SSSR count). The minimum atomic E-state index is -0.463. The maximum atomic E-state index is 13.3. The lowest BCUT2D eigenvalue weighted by atomic mass is 9.83. The van der Waals surface area contributed by atoms with Crippen LogP contribution in [0.25, 0.3) is 0 Å². The van der Waals surface area contributed by atoms with Crippen LogP contribution in [0.2, 0.25) is 0 Å². The lowest BCUT2D eigenvalue weighted by molar-refractivity contribution is 0.0734. The van der Waals surface area contributed by atoms with Crippen LogP contribution in [-0.4, -0.2) is 34.0 Å². The third-order valence-corrected chi connectivity index (χ3v) is 6.91. The summed E-state index contributed by atoms with van der Waals surface area (Å²) in [6.45, 7) is 1.39. The van der Waals surface area contributed by atoms with Crippen molar-refractivity contribution >= 4 is 5.91 Å². The highest BCUT2D eigenvalue weighted by Gasteiger charge is 2.36. The molecule has 0 radical (unpaired) electrons. The molecule has 3 aromatic rings. The van der Waals surface area contributed by atoms with Gasteiger partial charge >= 0.3 is 5.56 Å². The number of nitrogens with zero attached hydrogens (tertiary/aromatic N) is 3. The molecule has 1 atom stereocenters. The fourth-order valence-electron chi connectivity index (χ4n) is 5.21. The number of carbonyl (C=O) groups is 1. The zero-order valence-corrected chi connectivity index (χ0v) is 18.9. The van der Waals surface area contributed by atoms with Gasteiger partial charge in [0.05, 0.1) is 0 Å². The van der Waals surface area contributed by atoms with E-state index in [0.29, 0.717) is 30.5 Å². The maximum absolute atomic E-state index is 13.3. The van der Waals surface area contributed by atoms with Crippen LogP contribution in [0.5, 0.6) is 5.75 Å². The van der Waals surface area contributed by atoms with E-state index in [1.54, 1.807) is 11.9 Å². The summed E-state index contributed by atoms with van der Waals surface area (Å²) >= 11 is 0. The standard InChI is InChI=1S/C27H29N3O3/c1-29-16-17-30-23(27(29)32)24(33-18-19-10-4-2-5-11-19)26(31)28-25(30)22(21-14-8-9-15-21)20-12-6-3-7-13-20/h2-7,10-13,21-22H,8-9,14-18H2,1H3. The molecule has 6 heteroatoms. The van der Waals surface area contributed by atoms with Gasteiger partial charge in [-0.3, -0.25) is 9.59 Å². The zero-order valence-electron chi connectivity index (χ0n) is 18.9. The molecule has 1 saturated carbocycles. The minimum Gasteiger partial charge on any atom is -0.481 e. The van der Waals surface area contributed by atoms with Crippen molar-refractivity contribution in [2.75, 3.05) is 13.6 Å². The monoisotopic (exact) mass is 443 g/mol. The van der Waals surface area contributed by atoms with Crippen molar-refractivity contribution in [3.63, 3.8) is 0 Å². The molecular formula is C27H29N3O3. The molecule has 33 heavy (non-hydrogen) atoms. The second-order valence-electron chi connectivity index (χ2n) is 9.04. The van der Waals surface area contributed by atoms with Gasteiger partial charge in [-0.15, -0.1) is 0 Å². The number of aromatic nitrogens is 2. The summed E-state index contributed by atoms with van der Waals surface area (Å²) in [4.78, 5) is 32.9. The Morgan fingerprint density at radius 3 is 2.33 bits per heavy atom. The summed E-state index contributed by atoms with van der Waals surface area (Å²) < 4.78 is 7.92. The normalized spacial score (nSPS) is 17.1. The third kappa shape index (κ3) is 4.17. The first-order valence-electron chi connectivity index (χ1n) is 11.8. The van der Waals surface area contributed by atoms with Crippen LogP contribution in [0.1, 0.15) is 59.0 Å². The Labute approximate surface area is 193 Å². The van der Waals surface area contributed by atoms with E-state index in [2.05, 4.69) is 17.1 Å². The molecule has 2 heterocycles. The van der Waals surface area contributed by atoms with Crippen molar-refractivity contribution in [1.82, 2.24) is 14.5 Å². The number of likely N-dealkylation sites (N-methyl/N-ethyl adjacent to an activating group) is 1. The molecule has 170 valence electrons. The van der Waals surface area contributed by atoms with E-state index in [1.807, 2.05) is 53.1 Å². The highest BCUT2D eigenvalue weighted by molar-refractivity contribution is 5.95. The second-order valence-corrected chi connectivity index (χ2v) is 9.04. The summed E-state index contributed by atoms with van der Waals surface area (Å²) in [5, 5.41) is 0. The van der Waals surface area contributed by atoms with Gasteiger partial charge in [-0.05, 0) is 29.9 Å². The molecule has 0 spiro atoms. The van der Waals surface area contributed by atoms with E-state index in [0.717, 1.165) is 24.0 Å². The first-order chi connectivity index (χ1) is 16.1. The molecule has 2 aliphatic rings. The molecule has 1 aliphatic carbocycles. The van der Waals surface area contributed by atoms with Crippen molar-refractivity contribution in [2.45, 2.75) is 44.8 Å². The van der Waals surface area contributed by atoms with Gasteiger partial charge < -0.3 is 14.2 Å². The predicted molar refractivity (Wildman–Crippen MR) is 126 cm³/mol. The van der Waals surface area contributed by atoms with Crippen LogP contribution in [0.15, 0.2) is 65.5 Å². The number of fused-ring (bicyclic) bond motifs is 1. The Kier molecular flexibility index (Phi) is 5.99. The van der Waals surface area contributed by atoms with Crippen molar-refractivity contribution in [1.29, 1.82) is 0 Å². The summed E-state index contributed by atoms with van der Waals surface area (Å²) in [5.41, 5.74) is 1.95. The van der Waals surface area contributed by atoms with Gasteiger partial charge in [0.2, 0.25) is 5.75 Å². The second kappa shape index (κ2) is 9.22. The highest BCUT2D eigenvalue weighted by Crippen LogP contribution is 2.41. The molecule has 6 nitrogen and oxygen atoms in total. The summed E-state index contributed by atoms with van der Waals surface area (Å²) in [5.74, 6) is 0.948. The van der Waals surface area contributed by atoms with Crippen LogP contribution >= 0.6 is 0 Å². The lowest BCUT2D eigenvalue weighted by Gasteiger charge is -2.33. The Morgan fingerprint density at radius 1 is 0.970 bits per heavy atom. The smallest absolute Gasteiger partial charge is 0.316 e. The highest BCUT2D eigenvalue weighted by atomic mass is 16.5. The Morgan fingerprint density at radius 2 is 1.64 bits per heavy atom. The van der Waals surface area contributed by atoms with E-state index < -0.39 is 5.56 Å². The number of rotatable bonds is 6. The third-order valence-electron chi connectivity index (χ3n) is 6.91. The van der Waals surface area contributed by atoms with E-state index in [4.69, 9.17) is 4.74 Å². The molecule has 0 bridgehead atoms. The Balaban J connectivity index is 1.63. The Hall–Kier alpha value is -3.41. The Bertz CT molecular complexity index is 1180. The van der Waals surface area contributed by atoms with Gasteiger partial charge in [-0.25, -0.2) is 0 Å². The first kappa shape index (κ1) is 21.4. The average Bonchev–Trinajstić information content (AvgIpc) is 3.37. The van der Waals surface area contributed by atoms with Gasteiger partial charge in [-0.2, -0.15) is 4.98 Å². The van der Waals surface area contributed by atoms with E-state index in [1.165, 1.54) is 12.8 Å². The number of ether oxygens (including phenoxy) is 1. The number of hydrogen-bond donors (Lipinski definition) is 0. The average molecular weight is 444 g/mol. The predicted octanol–water partition coefficient (Wildman–Crippen LogP) is 4.23. The van der Waals surface area contributed by atoms with Crippen molar-refractivity contribution < 1.29 is 9.53 Å². The van der Waals surface area contributed by atoms with Crippen LogP contribution < -0.4 is 10.3 Å². The van der Waals surface area contributed by atoms with E-state index >= 15 is 0 Å². The van der Waals surface area contributed by atoms with Gasteiger partial charge in [0, 0.05) is 26.1 Å². The summed E-state index contributed by atoms with van der Waals surface area (Å²) in [6.07, 6.45) is 4.58. The van der Waals surface area contributed by atoms with Crippen molar-refractivity contribution in [3.8, 4) is 5.75 Å². The molecule has 1 amide bonds. The quantitative estimate of drug-likeness (QED) is 0.572. The van der Waals surface area contributed by atoms with Crippen LogP contribution in [0.3, 0.4) is 0 Å². The number of hydrogen-bond acceptors (Lipinski definition) is 4. The van der Waals surface area contributed by atoms with Crippen molar-refractivity contribution in [2.24, 2.45) is 5.92 Å². The molecule has 1 unspecified atom stereocenters. The molecule has 0 N–H and O–H groups in total. The molecule has 2 aromatic carbocycles. The zero-order chi connectivity index (χ0) is 22.8. The molecule has 0 saturated heterocycles. The van der Waals surface area contributed by atoms with Crippen molar-refractivity contribution in [3.05, 3.63) is 93.7 Å². The maximum Gasteiger partial charge on any atom is 0.316 e. The number of carbonyl (C=O) groups excluding carboxylic acids is 1. The first-order valence-corrected chi connectivity index (χ1v) is 11.8. The largest absolute Gasteiger partial charge is 0.481 e. The molecule has 1 fully saturated rings. The lowest BCUT2D eigenvalue weighted by Crippen LogP contribution is -2.42. The summed E-state index contributed by atoms with van der Waals surface area (Å²) in [6, 6.07) is 19.9. The van der Waals surface area contributed by atoms with Gasteiger partial charge in [0.15, 0.2) is 5.69 Å². The van der Waals surface area contributed by atoms with Gasteiger partial charge in [0.1, 0.15) is 12.4 Å². The van der Waals surface area contributed by atoms with Gasteiger partial charge in [0.25, 0.3) is 5.91 Å². The SMILES string of the molecule is CN1CCn2c(C(c3ccccc3)C3CCCC3)nc(=O)c(OCc3ccccc3)c2C1=O. The minimum absolute atomic E-state index is 0.0143. The molecule has 1 aromatic heterocycles. The molecular weight excluding hydrogens is 414 g/mol. The van der Waals surface area contributed by atoms with Gasteiger partial charge in [-0.1, -0.05) is 73.5 Å². The van der Waals surface area contributed by atoms with E-state index in [9.17, 15) is 9.59 Å². The number of benzene rings is 2. The van der Waals surface area contributed by atoms with Crippen LogP contribution in [0, 0.1) is 5.92 Å². The van der Waals surface area contributed by atoms with E-state index in [-0.39, 0.29) is 24.2 Å². The van der Waals surface area contributed by atoms with Crippen LogP contribution in [-0.2, 0) is 13.2 Å². The fourth-order valence-corrected chi connectivity index (χ4v) is 5.21. The number of amides is 1. The summed E-state index contributed by atoms with van der Waals surface area (Å²) in [7, 11) is 1.77. The topological polar surface area (TPSA) is 64.4 Å². The molecule has 1 aliphatic heterocycles. The fraction of sp³-hybridized carbons (Fsp3) is 0.370.